The van der Waals surface area contributed by atoms with Crippen molar-refractivity contribution in [3.05, 3.63) is 29.8 Å². The molecule has 1 atom stereocenters. The van der Waals surface area contributed by atoms with Gasteiger partial charge in [0.05, 0.1) is 11.6 Å². The summed E-state index contributed by atoms with van der Waals surface area (Å²) >= 11 is 0. The first-order valence-corrected chi connectivity index (χ1v) is 11.2. The van der Waals surface area contributed by atoms with E-state index in [1.54, 1.807) is 4.90 Å². The summed E-state index contributed by atoms with van der Waals surface area (Å²) in [7, 11) is 1.85. The number of fused-ring (bicyclic) bond motifs is 1. The predicted octanol–water partition coefficient (Wildman–Crippen LogP) is 4.36. The van der Waals surface area contributed by atoms with Crippen molar-refractivity contribution < 1.29 is 14.3 Å². The Balaban J connectivity index is 1.86. The second kappa shape index (κ2) is 10.1. The van der Waals surface area contributed by atoms with Gasteiger partial charge in [0, 0.05) is 26.1 Å². The fourth-order valence-electron chi connectivity index (χ4n) is 4.26. The summed E-state index contributed by atoms with van der Waals surface area (Å²) in [4.78, 5) is 30.0. The molecule has 29 heavy (non-hydrogen) atoms. The van der Waals surface area contributed by atoms with E-state index in [1.165, 1.54) is 0 Å². The summed E-state index contributed by atoms with van der Waals surface area (Å²) < 4.78 is 6.20. The van der Waals surface area contributed by atoms with Crippen LogP contribution in [0, 0.1) is 11.8 Å². The normalized spacial score (nSPS) is 22.1. The minimum absolute atomic E-state index is 0.00246. The molecule has 160 valence electrons. The van der Waals surface area contributed by atoms with Crippen LogP contribution >= 0.6 is 0 Å². The maximum atomic E-state index is 13.2. The molecule has 0 N–H and O–H groups in total. The van der Waals surface area contributed by atoms with Gasteiger partial charge in [-0.15, -0.1) is 0 Å². The van der Waals surface area contributed by atoms with E-state index in [0.717, 1.165) is 58.0 Å². The first-order valence-electron chi connectivity index (χ1n) is 11.2. The standard InChI is InChI=1S/C24H36N2O3/c1-18(2)16-20-17-29-22-13-6-5-12-21(22)24(28)25(3)14-7-4-8-15-26(20)23(27)19-10-9-11-19/h5-6,12-13,18-20H,4,7-11,14-17H2,1-3H3/t20-/m0/s1. The first-order chi connectivity index (χ1) is 14.0. The third-order valence-corrected chi connectivity index (χ3v) is 6.21. The van der Waals surface area contributed by atoms with Crippen LogP contribution in [-0.4, -0.2) is 54.4 Å². The maximum absolute atomic E-state index is 13.2. The summed E-state index contributed by atoms with van der Waals surface area (Å²) in [6, 6.07) is 7.53. The maximum Gasteiger partial charge on any atom is 0.257 e. The molecule has 1 aliphatic carbocycles. The molecule has 3 rings (SSSR count). The number of hydrogen-bond acceptors (Lipinski definition) is 3. The van der Waals surface area contributed by atoms with Crippen LogP contribution in [-0.2, 0) is 4.79 Å². The van der Waals surface area contributed by atoms with Crippen LogP contribution in [0.3, 0.4) is 0 Å². The lowest BCUT2D eigenvalue weighted by Gasteiger charge is -2.37. The van der Waals surface area contributed by atoms with Crippen molar-refractivity contribution in [2.24, 2.45) is 11.8 Å². The lowest BCUT2D eigenvalue weighted by atomic mass is 9.83. The number of carbonyl (C=O) groups excluding carboxylic acids is 2. The van der Waals surface area contributed by atoms with Gasteiger partial charge in [-0.25, -0.2) is 0 Å². The van der Waals surface area contributed by atoms with Gasteiger partial charge in [0.15, 0.2) is 0 Å². The van der Waals surface area contributed by atoms with E-state index in [2.05, 4.69) is 18.7 Å². The van der Waals surface area contributed by atoms with Gasteiger partial charge >= 0.3 is 0 Å². The third-order valence-electron chi connectivity index (χ3n) is 6.21. The zero-order chi connectivity index (χ0) is 20.8. The van der Waals surface area contributed by atoms with Crippen LogP contribution in [0.5, 0.6) is 5.75 Å². The predicted molar refractivity (Wildman–Crippen MR) is 115 cm³/mol. The van der Waals surface area contributed by atoms with Gasteiger partial charge < -0.3 is 14.5 Å². The highest BCUT2D eigenvalue weighted by Gasteiger charge is 2.33. The highest BCUT2D eigenvalue weighted by atomic mass is 16.5. The number of carbonyl (C=O) groups is 2. The van der Waals surface area contributed by atoms with Crippen molar-refractivity contribution in [1.82, 2.24) is 9.80 Å². The van der Waals surface area contributed by atoms with Gasteiger partial charge in [0.25, 0.3) is 5.91 Å². The Kier molecular flexibility index (Phi) is 7.57. The van der Waals surface area contributed by atoms with Gasteiger partial charge in [-0.05, 0) is 56.6 Å². The fourth-order valence-corrected chi connectivity index (χ4v) is 4.26. The van der Waals surface area contributed by atoms with Crippen molar-refractivity contribution in [2.45, 2.75) is 64.8 Å². The number of hydrogen-bond donors (Lipinski definition) is 0. The number of rotatable bonds is 3. The molecule has 1 fully saturated rings. The van der Waals surface area contributed by atoms with Crippen molar-refractivity contribution in [1.29, 1.82) is 0 Å². The lowest BCUT2D eigenvalue weighted by Crippen LogP contribution is -2.48. The largest absolute Gasteiger partial charge is 0.491 e. The van der Waals surface area contributed by atoms with Crippen molar-refractivity contribution in [3.8, 4) is 5.75 Å². The van der Waals surface area contributed by atoms with E-state index in [9.17, 15) is 9.59 Å². The summed E-state index contributed by atoms with van der Waals surface area (Å²) in [5.74, 6) is 1.59. The minimum Gasteiger partial charge on any atom is -0.491 e. The number of nitrogens with zero attached hydrogens (tertiary/aromatic N) is 2. The molecule has 0 unspecified atom stereocenters. The summed E-state index contributed by atoms with van der Waals surface area (Å²) in [5.41, 5.74) is 0.606. The molecular weight excluding hydrogens is 364 g/mol. The molecule has 2 aliphatic rings. The van der Waals surface area contributed by atoms with Gasteiger partial charge in [0.2, 0.25) is 5.91 Å². The van der Waals surface area contributed by atoms with E-state index in [-0.39, 0.29) is 17.9 Å². The molecule has 1 heterocycles. The summed E-state index contributed by atoms with van der Waals surface area (Å²) in [6.07, 6.45) is 7.06. The number of ether oxygens (including phenoxy) is 1. The minimum atomic E-state index is 0.00246. The highest BCUT2D eigenvalue weighted by molar-refractivity contribution is 5.96. The Morgan fingerprint density at radius 2 is 1.83 bits per heavy atom. The topological polar surface area (TPSA) is 49.9 Å². The summed E-state index contributed by atoms with van der Waals surface area (Å²) in [5, 5.41) is 0. The molecular formula is C24H36N2O3. The zero-order valence-corrected chi connectivity index (χ0v) is 18.2. The molecule has 0 spiro atoms. The van der Waals surface area contributed by atoms with Gasteiger partial charge in [-0.3, -0.25) is 9.59 Å². The van der Waals surface area contributed by atoms with Crippen LogP contribution < -0.4 is 4.74 Å². The molecule has 1 aromatic rings. The van der Waals surface area contributed by atoms with Crippen molar-refractivity contribution in [3.63, 3.8) is 0 Å². The van der Waals surface area contributed by atoms with Crippen LogP contribution in [0.1, 0.15) is 69.2 Å². The van der Waals surface area contributed by atoms with Gasteiger partial charge in [-0.2, -0.15) is 0 Å². The molecule has 1 aliphatic heterocycles. The molecule has 0 bridgehead atoms. The van der Waals surface area contributed by atoms with Crippen molar-refractivity contribution >= 4 is 11.8 Å². The highest BCUT2D eigenvalue weighted by Crippen LogP contribution is 2.30. The Morgan fingerprint density at radius 1 is 1.10 bits per heavy atom. The third kappa shape index (κ3) is 5.52. The van der Waals surface area contributed by atoms with E-state index in [4.69, 9.17) is 4.74 Å². The van der Waals surface area contributed by atoms with Crippen LogP contribution in [0.2, 0.25) is 0 Å². The van der Waals surface area contributed by atoms with Crippen LogP contribution in [0.15, 0.2) is 24.3 Å². The fraction of sp³-hybridized carbons (Fsp3) is 0.667. The van der Waals surface area contributed by atoms with E-state index < -0.39 is 0 Å². The molecule has 0 saturated heterocycles. The number of para-hydroxylation sites is 1. The molecule has 2 amide bonds. The Hall–Kier alpha value is -2.04. The monoisotopic (exact) mass is 400 g/mol. The lowest BCUT2D eigenvalue weighted by molar-refractivity contribution is -0.141. The number of amides is 2. The van der Waals surface area contributed by atoms with Crippen LogP contribution in [0.4, 0.5) is 0 Å². The second-order valence-corrected chi connectivity index (χ2v) is 9.04. The molecule has 1 aromatic carbocycles. The van der Waals surface area contributed by atoms with E-state index in [0.29, 0.717) is 29.7 Å². The quantitative estimate of drug-likeness (QED) is 0.757. The summed E-state index contributed by atoms with van der Waals surface area (Å²) in [6.45, 7) is 6.33. The second-order valence-electron chi connectivity index (χ2n) is 9.04. The van der Waals surface area contributed by atoms with Crippen molar-refractivity contribution in [2.75, 3.05) is 26.7 Å². The zero-order valence-electron chi connectivity index (χ0n) is 18.2. The molecule has 0 aromatic heterocycles. The average Bonchev–Trinajstić information content (AvgIpc) is 2.66. The molecule has 5 heteroatoms. The number of benzene rings is 1. The van der Waals surface area contributed by atoms with E-state index >= 15 is 0 Å². The Labute approximate surface area is 175 Å². The molecule has 0 radical (unpaired) electrons. The smallest absolute Gasteiger partial charge is 0.257 e. The average molecular weight is 401 g/mol. The Morgan fingerprint density at radius 3 is 2.52 bits per heavy atom. The molecule has 5 nitrogen and oxygen atoms in total. The SMILES string of the molecule is CC(C)C[C@H]1COc2ccccc2C(=O)N(C)CCCCCN1C(=O)C1CCC1. The Bertz CT molecular complexity index is 699. The van der Waals surface area contributed by atoms with Gasteiger partial charge in [-0.1, -0.05) is 32.4 Å². The van der Waals surface area contributed by atoms with Gasteiger partial charge in [0.1, 0.15) is 12.4 Å². The first kappa shape index (κ1) is 21.7. The van der Waals surface area contributed by atoms with Crippen LogP contribution in [0.25, 0.3) is 0 Å². The van der Waals surface area contributed by atoms with E-state index in [1.807, 2.05) is 31.3 Å². The molecule has 1 saturated carbocycles.